The highest BCUT2D eigenvalue weighted by atomic mass is 16.6. The summed E-state index contributed by atoms with van der Waals surface area (Å²) in [6, 6.07) is -1.54. The molecule has 2 N–H and O–H groups in total. The lowest BCUT2D eigenvalue weighted by Crippen LogP contribution is -2.56. The van der Waals surface area contributed by atoms with E-state index in [0.717, 1.165) is 19.3 Å². The molecule has 0 aromatic heterocycles. The number of carbonyl (C=O) groups is 3. The summed E-state index contributed by atoms with van der Waals surface area (Å²) in [7, 11) is 0. The summed E-state index contributed by atoms with van der Waals surface area (Å²) < 4.78 is 5.27. The first kappa shape index (κ1) is 18.0. The van der Waals surface area contributed by atoms with Crippen LogP contribution in [0, 0.1) is 11.3 Å². The van der Waals surface area contributed by atoms with Gasteiger partial charge < -0.3 is 20.1 Å². The Morgan fingerprint density at radius 1 is 1.28 bits per heavy atom. The van der Waals surface area contributed by atoms with Crippen molar-refractivity contribution in [1.82, 2.24) is 10.2 Å². The quantitative estimate of drug-likeness (QED) is 0.794. The van der Waals surface area contributed by atoms with E-state index in [1.54, 1.807) is 25.7 Å². The smallest absolute Gasteiger partial charge is 0.408 e. The van der Waals surface area contributed by atoms with Crippen LogP contribution in [0.25, 0.3) is 0 Å². The van der Waals surface area contributed by atoms with E-state index < -0.39 is 29.7 Å². The van der Waals surface area contributed by atoms with Crippen LogP contribution < -0.4 is 5.32 Å². The highest BCUT2D eigenvalue weighted by molar-refractivity contribution is 5.90. The lowest BCUT2D eigenvalue weighted by atomic mass is 9.90. The third kappa shape index (κ3) is 3.46. The zero-order chi connectivity index (χ0) is 18.6. The van der Waals surface area contributed by atoms with Gasteiger partial charge in [-0.1, -0.05) is 6.92 Å². The Hall–Kier alpha value is -1.79. The van der Waals surface area contributed by atoms with Crippen LogP contribution in [0.2, 0.25) is 0 Å². The third-order valence-electron chi connectivity index (χ3n) is 5.85. The van der Waals surface area contributed by atoms with E-state index in [-0.39, 0.29) is 17.4 Å². The van der Waals surface area contributed by atoms with Crippen molar-refractivity contribution < 1.29 is 24.2 Å². The molecule has 3 aliphatic rings. The van der Waals surface area contributed by atoms with E-state index in [4.69, 9.17) is 4.74 Å². The van der Waals surface area contributed by atoms with Crippen molar-refractivity contribution in [3.63, 3.8) is 0 Å². The van der Waals surface area contributed by atoms with Gasteiger partial charge in [0.1, 0.15) is 17.7 Å². The van der Waals surface area contributed by atoms with Crippen LogP contribution >= 0.6 is 0 Å². The minimum absolute atomic E-state index is 0.0261. The largest absolute Gasteiger partial charge is 0.480 e. The molecule has 1 aliphatic carbocycles. The molecule has 140 valence electrons. The van der Waals surface area contributed by atoms with Crippen molar-refractivity contribution in [3.8, 4) is 0 Å². The maximum atomic E-state index is 13.1. The summed E-state index contributed by atoms with van der Waals surface area (Å²) in [5.74, 6) is -0.868. The fourth-order valence-corrected chi connectivity index (χ4v) is 4.49. The molecule has 1 saturated carbocycles. The van der Waals surface area contributed by atoms with Crippen molar-refractivity contribution in [1.29, 1.82) is 0 Å². The Labute approximate surface area is 148 Å². The number of hydrogen-bond acceptors (Lipinski definition) is 4. The van der Waals surface area contributed by atoms with Gasteiger partial charge in [-0.2, -0.15) is 0 Å². The summed E-state index contributed by atoms with van der Waals surface area (Å²) >= 11 is 0. The number of hydrogen-bond donors (Lipinski definition) is 2. The summed E-state index contributed by atoms with van der Waals surface area (Å²) in [5, 5.41) is 12.2. The number of carboxylic acid groups (broad SMARTS) is 1. The van der Waals surface area contributed by atoms with Gasteiger partial charge in [-0.3, -0.25) is 4.79 Å². The first-order valence-electron chi connectivity index (χ1n) is 9.06. The summed E-state index contributed by atoms with van der Waals surface area (Å²) in [6.07, 6.45) is 2.96. The molecule has 0 aromatic carbocycles. The van der Waals surface area contributed by atoms with Gasteiger partial charge in [0.2, 0.25) is 5.91 Å². The summed E-state index contributed by atoms with van der Waals surface area (Å²) in [5.41, 5.74) is -0.507. The van der Waals surface area contributed by atoms with Gasteiger partial charge in [0, 0.05) is 6.04 Å². The molecular weight excluding hydrogens is 324 g/mol. The number of nitrogens with zero attached hydrogens (tertiary/aromatic N) is 1. The number of nitrogens with one attached hydrogen (secondary N) is 1. The van der Waals surface area contributed by atoms with Crippen molar-refractivity contribution in [2.45, 2.75) is 83.5 Å². The Balaban J connectivity index is 1.80. The average Bonchev–Trinajstić information content (AvgIpc) is 2.93. The first-order chi connectivity index (χ1) is 11.5. The fourth-order valence-electron chi connectivity index (χ4n) is 4.49. The molecular formula is C18H28N2O5. The third-order valence-corrected chi connectivity index (χ3v) is 5.85. The van der Waals surface area contributed by atoms with Crippen LogP contribution in [0.4, 0.5) is 4.79 Å². The number of ether oxygens (including phenoxy) is 1. The van der Waals surface area contributed by atoms with Crippen LogP contribution in [0.15, 0.2) is 0 Å². The maximum Gasteiger partial charge on any atom is 0.408 e. The van der Waals surface area contributed by atoms with Gasteiger partial charge in [0.15, 0.2) is 0 Å². The molecule has 2 aliphatic heterocycles. The molecule has 25 heavy (non-hydrogen) atoms. The molecule has 0 aromatic rings. The molecule has 3 rings (SSSR count). The molecule has 2 amide bonds. The van der Waals surface area contributed by atoms with Crippen LogP contribution in [0.3, 0.4) is 0 Å². The SMILES string of the molecule is CC(C)(C)OC(=O)N[C@H]1CC[C@@]2(C)C[C@H]2[C@H]2CC[C@@H](C(=O)O)N2C1=O. The Morgan fingerprint density at radius 3 is 2.56 bits per heavy atom. The van der Waals surface area contributed by atoms with E-state index in [1.165, 1.54) is 0 Å². The Bertz CT molecular complexity index is 599. The van der Waals surface area contributed by atoms with Crippen molar-refractivity contribution in [2.24, 2.45) is 11.3 Å². The molecule has 0 unspecified atom stereocenters. The average molecular weight is 352 g/mol. The van der Waals surface area contributed by atoms with Crippen LogP contribution in [0.1, 0.15) is 59.8 Å². The number of alkyl carbamates (subject to hydrolysis) is 1. The molecule has 7 heteroatoms. The van der Waals surface area contributed by atoms with Crippen molar-refractivity contribution in [2.75, 3.05) is 0 Å². The second-order valence-electron chi connectivity index (χ2n) is 8.95. The van der Waals surface area contributed by atoms with Gasteiger partial charge >= 0.3 is 12.1 Å². The number of amides is 2. The minimum atomic E-state index is -0.963. The number of carbonyl (C=O) groups excluding carboxylic acids is 2. The highest BCUT2D eigenvalue weighted by Crippen LogP contribution is 2.61. The van der Waals surface area contributed by atoms with E-state index in [9.17, 15) is 19.5 Å². The zero-order valence-corrected chi connectivity index (χ0v) is 15.4. The fraction of sp³-hybridized carbons (Fsp3) is 0.833. The van der Waals surface area contributed by atoms with Crippen molar-refractivity contribution in [3.05, 3.63) is 0 Å². The highest BCUT2D eigenvalue weighted by Gasteiger charge is 2.60. The maximum absolute atomic E-state index is 13.1. The molecule has 3 fully saturated rings. The van der Waals surface area contributed by atoms with Gasteiger partial charge in [-0.25, -0.2) is 9.59 Å². The first-order valence-corrected chi connectivity index (χ1v) is 9.06. The molecule has 0 spiro atoms. The summed E-state index contributed by atoms with van der Waals surface area (Å²) in [4.78, 5) is 38.3. The predicted molar refractivity (Wildman–Crippen MR) is 89.9 cm³/mol. The number of fused-ring (bicyclic) bond motifs is 3. The van der Waals surface area contributed by atoms with E-state index in [1.807, 2.05) is 0 Å². The zero-order valence-electron chi connectivity index (χ0n) is 15.4. The minimum Gasteiger partial charge on any atom is -0.480 e. The van der Waals surface area contributed by atoms with E-state index in [2.05, 4.69) is 12.2 Å². The van der Waals surface area contributed by atoms with Gasteiger partial charge in [0.05, 0.1) is 0 Å². The number of rotatable bonds is 2. The van der Waals surface area contributed by atoms with Crippen LogP contribution in [-0.2, 0) is 14.3 Å². The lowest BCUT2D eigenvalue weighted by molar-refractivity contribution is -0.151. The molecule has 5 atom stereocenters. The molecule has 2 saturated heterocycles. The second kappa shape index (κ2) is 5.88. The van der Waals surface area contributed by atoms with E-state index in [0.29, 0.717) is 18.8 Å². The lowest BCUT2D eigenvalue weighted by Gasteiger charge is -2.36. The van der Waals surface area contributed by atoms with Gasteiger partial charge in [-0.05, 0) is 64.2 Å². The molecule has 2 heterocycles. The Morgan fingerprint density at radius 2 is 1.96 bits per heavy atom. The van der Waals surface area contributed by atoms with Gasteiger partial charge in [0.25, 0.3) is 0 Å². The van der Waals surface area contributed by atoms with Crippen LogP contribution in [0.5, 0.6) is 0 Å². The van der Waals surface area contributed by atoms with E-state index >= 15 is 0 Å². The molecule has 7 nitrogen and oxygen atoms in total. The molecule has 0 radical (unpaired) electrons. The standard InChI is InChI=1S/C18H28N2O5/c1-17(2,3)25-16(24)19-11-7-8-18(4)9-10(18)12-5-6-13(15(22)23)20(12)14(11)21/h10-13H,5-9H2,1-4H3,(H,19,24)(H,22,23)/t10-,11-,12+,13-,18-/m0/s1. The topological polar surface area (TPSA) is 95.9 Å². The monoisotopic (exact) mass is 352 g/mol. The number of aliphatic carboxylic acids is 1. The second-order valence-corrected chi connectivity index (χ2v) is 8.95. The predicted octanol–water partition coefficient (Wildman–Crippen LogP) is 2.14. The normalized spacial score (nSPS) is 37.4. The van der Waals surface area contributed by atoms with Gasteiger partial charge in [-0.15, -0.1) is 0 Å². The summed E-state index contributed by atoms with van der Waals surface area (Å²) in [6.45, 7) is 7.49. The van der Waals surface area contributed by atoms with Crippen LogP contribution in [-0.4, -0.2) is 51.7 Å². The van der Waals surface area contributed by atoms with Crippen molar-refractivity contribution >= 4 is 18.0 Å². The number of carboxylic acids is 1. The molecule has 0 bridgehead atoms. The Kier molecular flexibility index (Phi) is 4.24.